The predicted octanol–water partition coefficient (Wildman–Crippen LogP) is 4.19. The van der Waals surface area contributed by atoms with Crippen LogP contribution in [0, 0.1) is 5.92 Å². The third-order valence-electron chi connectivity index (χ3n) is 3.59. The Bertz CT molecular complexity index is 127. The highest BCUT2D eigenvalue weighted by Crippen LogP contribution is 2.28. The molecule has 14 heavy (non-hydrogen) atoms. The van der Waals surface area contributed by atoms with Crippen molar-refractivity contribution >= 4 is 0 Å². The van der Waals surface area contributed by atoms with Gasteiger partial charge in [0.05, 0.1) is 0 Å². The van der Waals surface area contributed by atoms with Gasteiger partial charge in [-0.15, -0.1) is 0 Å². The van der Waals surface area contributed by atoms with Gasteiger partial charge in [-0.1, -0.05) is 51.9 Å². The predicted molar refractivity (Wildman–Crippen MR) is 62.2 cm³/mol. The van der Waals surface area contributed by atoms with Crippen LogP contribution in [0.3, 0.4) is 0 Å². The van der Waals surface area contributed by atoms with Gasteiger partial charge in [0.2, 0.25) is 0 Å². The maximum absolute atomic E-state index is 8.10. The molecule has 0 heterocycles. The van der Waals surface area contributed by atoms with Crippen molar-refractivity contribution in [2.75, 3.05) is 0 Å². The summed E-state index contributed by atoms with van der Waals surface area (Å²) in [6.07, 6.45) is 13.3. The van der Waals surface area contributed by atoms with E-state index < -0.39 is 0 Å². The van der Waals surface area contributed by atoms with E-state index in [0.717, 1.165) is 12.3 Å². The maximum Gasteiger partial charge on any atom is 0.0241 e. The van der Waals surface area contributed by atoms with Crippen molar-refractivity contribution in [2.24, 2.45) is 5.92 Å². The standard InChI is InChI=1S/C13H26N/c1-2-3-4-8-11-13(14)12-9-6-5-7-10-12/h12-14H,2-11H2,1H3. The lowest BCUT2D eigenvalue weighted by atomic mass is 9.82. The molecule has 1 N–H and O–H groups in total. The van der Waals surface area contributed by atoms with Gasteiger partial charge in [-0.25, -0.2) is 0 Å². The van der Waals surface area contributed by atoms with Crippen LogP contribution in [0.15, 0.2) is 0 Å². The molecule has 0 amide bonds. The van der Waals surface area contributed by atoms with E-state index in [9.17, 15) is 0 Å². The minimum atomic E-state index is 0.257. The number of rotatable bonds is 6. The van der Waals surface area contributed by atoms with Gasteiger partial charge in [-0.05, 0) is 25.2 Å². The average Bonchev–Trinajstić information content (AvgIpc) is 2.25. The maximum atomic E-state index is 8.10. The van der Waals surface area contributed by atoms with Crippen LogP contribution >= 0.6 is 0 Å². The highest BCUT2D eigenvalue weighted by molar-refractivity contribution is 4.75. The van der Waals surface area contributed by atoms with E-state index in [-0.39, 0.29) is 6.04 Å². The van der Waals surface area contributed by atoms with E-state index in [2.05, 4.69) is 6.92 Å². The highest BCUT2D eigenvalue weighted by Gasteiger charge is 2.20. The molecule has 0 saturated heterocycles. The summed E-state index contributed by atoms with van der Waals surface area (Å²) in [5, 5.41) is 0. The smallest absolute Gasteiger partial charge is 0.0241 e. The molecule has 1 fully saturated rings. The monoisotopic (exact) mass is 196 g/mol. The Labute approximate surface area is 89.5 Å². The molecule has 0 aromatic carbocycles. The van der Waals surface area contributed by atoms with Gasteiger partial charge in [-0.2, -0.15) is 0 Å². The second-order valence-corrected chi connectivity index (χ2v) is 4.85. The van der Waals surface area contributed by atoms with Gasteiger partial charge in [-0.3, -0.25) is 5.73 Å². The second kappa shape index (κ2) is 7.28. The van der Waals surface area contributed by atoms with Crippen LogP contribution in [0.1, 0.15) is 71.1 Å². The zero-order valence-electron chi connectivity index (χ0n) is 9.73. The molecule has 0 bridgehead atoms. The molecule has 1 rings (SSSR count). The second-order valence-electron chi connectivity index (χ2n) is 4.85. The van der Waals surface area contributed by atoms with Gasteiger partial charge < -0.3 is 0 Å². The minimum Gasteiger partial charge on any atom is -0.254 e. The van der Waals surface area contributed by atoms with E-state index in [1.54, 1.807) is 0 Å². The molecule has 0 aromatic heterocycles. The first-order valence-corrected chi connectivity index (χ1v) is 6.55. The van der Waals surface area contributed by atoms with Crippen LogP contribution < -0.4 is 5.73 Å². The summed E-state index contributed by atoms with van der Waals surface area (Å²) >= 11 is 0. The molecular weight excluding hydrogens is 170 g/mol. The first-order chi connectivity index (χ1) is 6.84. The minimum absolute atomic E-state index is 0.257. The fourth-order valence-electron chi connectivity index (χ4n) is 2.56. The Morgan fingerprint density at radius 2 is 1.79 bits per heavy atom. The summed E-state index contributed by atoms with van der Waals surface area (Å²) in [5.41, 5.74) is 8.10. The quantitative estimate of drug-likeness (QED) is 0.569. The Kier molecular flexibility index (Phi) is 6.25. The summed E-state index contributed by atoms with van der Waals surface area (Å²) in [6.45, 7) is 2.25. The van der Waals surface area contributed by atoms with Gasteiger partial charge in [0.1, 0.15) is 0 Å². The largest absolute Gasteiger partial charge is 0.254 e. The van der Waals surface area contributed by atoms with Crippen molar-refractivity contribution in [3.63, 3.8) is 0 Å². The average molecular weight is 196 g/mol. The van der Waals surface area contributed by atoms with Crippen molar-refractivity contribution in [3.05, 3.63) is 0 Å². The molecule has 1 unspecified atom stereocenters. The third kappa shape index (κ3) is 4.45. The summed E-state index contributed by atoms with van der Waals surface area (Å²) in [4.78, 5) is 0. The Morgan fingerprint density at radius 3 is 2.43 bits per heavy atom. The molecule has 0 spiro atoms. The van der Waals surface area contributed by atoms with Crippen LogP contribution in [-0.2, 0) is 0 Å². The first-order valence-electron chi connectivity index (χ1n) is 6.55. The molecule has 1 saturated carbocycles. The fraction of sp³-hybridized carbons (Fsp3) is 1.00. The van der Waals surface area contributed by atoms with E-state index in [1.807, 2.05) is 0 Å². The van der Waals surface area contributed by atoms with Crippen molar-refractivity contribution < 1.29 is 0 Å². The highest BCUT2D eigenvalue weighted by atomic mass is 14.6. The van der Waals surface area contributed by atoms with E-state index in [0.29, 0.717) is 0 Å². The van der Waals surface area contributed by atoms with Crippen LogP contribution in [0.2, 0.25) is 0 Å². The van der Waals surface area contributed by atoms with Crippen molar-refractivity contribution in [3.8, 4) is 0 Å². The molecule has 1 aliphatic rings. The number of nitrogens with one attached hydrogen (secondary N) is 1. The van der Waals surface area contributed by atoms with Crippen LogP contribution in [0.4, 0.5) is 0 Å². The zero-order valence-corrected chi connectivity index (χ0v) is 9.73. The van der Waals surface area contributed by atoms with Crippen LogP contribution in [0.25, 0.3) is 0 Å². The molecule has 1 heteroatoms. The SMILES string of the molecule is CCCCCCC([NH])C1CCCCC1. The lowest BCUT2D eigenvalue weighted by Gasteiger charge is -2.26. The molecule has 1 aliphatic carbocycles. The van der Waals surface area contributed by atoms with Gasteiger partial charge in [0.25, 0.3) is 0 Å². The number of unbranched alkanes of at least 4 members (excludes halogenated alkanes) is 3. The summed E-state index contributed by atoms with van der Waals surface area (Å²) in [5.74, 6) is 0.741. The Balaban J connectivity index is 2.04. The number of hydrogen-bond acceptors (Lipinski definition) is 0. The molecular formula is C13H26N. The van der Waals surface area contributed by atoms with Gasteiger partial charge in [0.15, 0.2) is 0 Å². The van der Waals surface area contributed by atoms with E-state index >= 15 is 0 Å². The molecule has 1 atom stereocenters. The van der Waals surface area contributed by atoms with E-state index in [4.69, 9.17) is 5.73 Å². The Morgan fingerprint density at radius 1 is 1.07 bits per heavy atom. The van der Waals surface area contributed by atoms with Gasteiger partial charge >= 0.3 is 0 Å². The normalized spacial score (nSPS) is 21.0. The summed E-state index contributed by atoms with van der Waals surface area (Å²) in [7, 11) is 0. The third-order valence-corrected chi connectivity index (χ3v) is 3.59. The summed E-state index contributed by atoms with van der Waals surface area (Å²) < 4.78 is 0. The van der Waals surface area contributed by atoms with E-state index in [1.165, 1.54) is 57.8 Å². The Hall–Kier alpha value is -0.0400. The molecule has 1 radical (unpaired) electrons. The van der Waals surface area contributed by atoms with Crippen LogP contribution in [0.5, 0.6) is 0 Å². The van der Waals surface area contributed by atoms with Crippen molar-refractivity contribution in [1.82, 2.24) is 5.73 Å². The molecule has 0 aromatic rings. The van der Waals surface area contributed by atoms with Crippen LogP contribution in [-0.4, -0.2) is 6.04 Å². The topological polar surface area (TPSA) is 23.8 Å². The first kappa shape index (κ1) is 12.0. The molecule has 1 nitrogen and oxygen atoms in total. The molecule has 83 valence electrons. The lowest BCUT2D eigenvalue weighted by molar-refractivity contribution is 0.285. The van der Waals surface area contributed by atoms with Crippen molar-refractivity contribution in [1.29, 1.82) is 0 Å². The number of hydrogen-bond donors (Lipinski definition) is 0. The summed E-state index contributed by atoms with van der Waals surface area (Å²) in [6, 6.07) is 0.257. The molecule has 0 aliphatic heterocycles. The lowest BCUT2D eigenvalue weighted by Crippen LogP contribution is -2.24. The van der Waals surface area contributed by atoms with Gasteiger partial charge in [0, 0.05) is 6.04 Å². The zero-order chi connectivity index (χ0) is 10.2. The fourth-order valence-corrected chi connectivity index (χ4v) is 2.56. The van der Waals surface area contributed by atoms with Crippen molar-refractivity contribution in [2.45, 2.75) is 77.2 Å².